The zero-order valence-electron chi connectivity index (χ0n) is 11.3. The van der Waals surface area contributed by atoms with Crippen molar-refractivity contribution >= 4 is 11.5 Å². The molecule has 20 heavy (non-hydrogen) atoms. The Morgan fingerprint density at radius 1 is 1.45 bits per heavy atom. The lowest BCUT2D eigenvalue weighted by Gasteiger charge is -2.14. The van der Waals surface area contributed by atoms with Gasteiger partial charge in [0.05, 0.1) is 11.7 Å². The van der Waals surface area contributed by atoms with E-state index in [2.05, 4.69) is 25.7 Å². The Morgan fingerprint density at radius 3 is 2.95 bits per heavy atom. The van der Waals surface area contributed by atoms with Gasteiger partial charge in [0.15, 0.2) is 5.65 Å². The van der Waals surface area contributed by atoms with Crippen LogP contribution in [0.15, 0.2) is 21.7 Å². The Hall–Kier alpha value is -2.64. The fourth-order valence-corrected chi connectivity index (χ4v) is 2.29. The molecule has 0 aliphatic heterocycles. The van der Waals surface area contributed by atoms with Crippen molar-refractivity contribution in [2.24, 2.45) is 0 Å². The highest BCUT2D eigenvalue weighted by molar-refractivity contribution is 5.49. The molecule has 0 saturated heterocycles. The summed E-state index contributed by atoms with van der Waals surface area (Å²) in [6.07, 6.45) is 1.43. The lowest BCUT2D eigenvalue weighted by molar-refractivity contribution is 0.392. The first-order chi connectivity index (χ1) is 9.56. The molecule has 3 aromatic heterocycles. The predicted octanol–water partition coefficient (Wildman–Crippen LogP) is 1.20. The van der Waals surface area contributed by atoms with Crippen molar-refractivity contribution < 1.29 is 4.52 Å². The van der Waals surface area contributed by atoms with Crippen molar-refractivity contribution in [1.29, 1.82) is 0 Å². The molecule has 0 bridgehead atoms. The van der Waals surface area contributed by atoms with E-state index < -0.39 is 0 Å². The summed E-state index contributed by atoms with van der Waals surface area (Å²) >= 11 is 0. The lowest BCUT2D eigenvalue weighted by Crippen LogP contribution is -2.12. The third kappa shape index (κ3) is 1.94. The molecule has 104 valence electrons. The molecule has 8 nitrogen and oxygen atoms in total. The molecule has 1 atom stereocenters. The van der Waals surface area contributed by atoms with E-state index in [0.717, 1.165) is 17.0 Å². The molecule has 0 aromatic carbocycles. The normalized spacial score (nSPS) is 12.8. The first-order valence-electron chi connectivity index (χ1n) is 6.18. The number of hydrogen-bond acceptors (Lipinski definition) is 6. The van der Waals surface area contributed by atoms with E-state index in [0.29, 0.717) is 11.5 Å². The molecule has 3 aromatic rings. The smallest absolute Gasteiger partial charge is 0.348 e. The summed E-state index contributed by atoms with van der Waals surface area (Å²) in [5, 5.41) is 13.4. The van der Waals surface area contributed by atoms with Gasteiger partial charge in [-0.1, -0.05) is 5.16 Å². The molecule has 3 rings (SSSR count). The number of nitrogens with zero attached hydrogens (tertiary/aromatic N) is 4. The monoisotopic (exact) mass is 274 g/mol. The molecule has 0 aliphatic carbocycles. The van der Waals surface area contributed by atoms with E-state index in [4.69, 9.17) is 4.52 Å². The fourth-order valence-electron chi connectivity index (χ4n) is 2.29. The second kappa shape index (κ2) is 4.48. The molecule has 0 radical (unpaired) electrons. The number of fused-ring (bicyclic) bond motifs is 1. The molecule has 0 spiro atoms. The Labute approximate surface area is 113 Å². The minimum absolute atomic E-state index is 0.0122. The summed E-state index contributed by atoms with van der Waals surface area (Å²) < 4.78 is 6.49. The molecule has 0 amide bonds. The van der Waals surface area contributed by atoms with E-state index in [1.54, 1.807) is 6.07 Å². The topological polar surface area (TPSA) is 101 Å². The summed E-state index contributed by atoms with van der Waals surface area (Å²) in [7, 11) is 0. The molecule has 8 heteroatoms. The first-order valence-corrected chi connectivity index (χ1v) is 6.18. The Kier molecular flexibility index (Phi) is 2.78. The maximum absolute atomic E-state index is 11.4. The number of rotatable bonds is 3. The maximum atomic E-state index is 11.4. The second-order valence-electron chi connectivity index (χ2n) is 4.63. The SMILES string of the molecule is Cc1noc(C)c1C(C)Nc1cc2n[nH]c(=O)n2cn1. The van der Waals surface area contributed by atoms with Gasteiger partial charge in [-0.2, -0.15) is 5.10 Å². The minimum Gasteiger partial charge on any atom is -0.363 e. The van der Waals surface area contributed by atoms with Crippen LogP contribution in [-0.2, 0) is 0 Å². The molecule has 2 N–H and O–H groups in total. The summed E-state index contributed by atoms with van der Waals surface area (Å²) in [6, 6.07) is 1.69. The number of aromatic amines is 1. The van der Waals surface area contributed by atoms with E-state index in [9.17, 15) is 4.79 Å². The van der Waals surface area contributed by atoms with Crippen LogP contribution in [-0.4, -0.2) is 24.7 Å². The Bertz CT molecular complexity index is 795. The van der Waals surface area contributed by atoms with Gasteiger partial charge >= 0.3 is 5.69 Å². The Balaban J connectivity index is 1.91. The molecule has 0 fully saturated rings. The van der Waals surface area contributed by atoms with E-state index in [-0.39, 0.29) is 11.7 Å². The van der Waals surface area contributed by atoms with Gasteiger partial charge in [0, 0.05) is 11.6 Å². The quantitative estimate of drug-likeness (QED) is 0.744. The van der Waals surface area contributed by atoms with Crippen molar-refractivity contribution in [3.8, 4) is 0 Å². The van der Waals surface area contributed by atoms with Crippen molar-refractivity contribution in [3.63, 3.8) is 0 Å². The zero-order chi connectivity index (χ0) is 14.3. The maximum Gasteiger partial charge on any atom is 0.348 e. The van der Waals surface area contributed by atoms with Crippen LogP contribution in [0.3, 0.4) is 0 Å². The van der Waals surface area contributed by atoms with Gasteiger partial charge in [-0.25, -0.2) is 19.3 Å². The summed E-state index contributed by atoms with van der Waals surface area (Å²) in [6.45, 7) is 5.76. The van der Waals surface area contributed by atoms with Crippen LogP contribution < -0.4 is 11.0 Å². The van der Waals surface area contributed by atoms with Crippen molar-refractivity contribution in [2.75, 3.05) is 5.32 Å². The van der Waals surface area contributed by atoms with Crippen molar-refractivity contribution in [2.45, 2.75) is 26.8 Å². The fraction of sp³-hybridized carbons (Fsp3) is 0.333. The second-order valence-corrected chi connectivity index (χ2v) is 4.63. The average Bonchev–Trinajstić information content (AvgIpc) is 2.93. The molecule has 0 saturated carbocycles. The number of aromatic nitrogens is 5. The third-order valence-corrected chi connectivity index (χ3v) is 3.20. The third-order valence-electron chi connectivity index (χ3n) is 3.20. The molecular weight excluding hydrogens is 260 g/mol. The average molecular weight is 274 g/mol. The van der Waals surface area contributed by atoms with Gasteiger partial charge in [0.1, 0.15) is 17.9 Å². The van der Waals surface area contributed by atoms with Crippen LogP contribution in [0.5, 0.6) is 0 Å². The molecule has 0 aliphatic rings. The summed E-state index contributed by atoms with van der Waals surface area (Å²) in [4.78, 5) is 15.5. The van der Waals surface area contributed by atoms with E-state index >= 15 is 0 Å². The van der Waals surface area contributed by atoms with E-state index in [1.807, 2.05) is 20.8 Å². The van der Waals surface area contributed by atoms with Crippen molar-refractivity contribution in [3.05, 3.63) is 39.9 Å². The van der Waals surface area contributed by atoms with Gasteiger partial charge in [0.25, 0.3) is 0 Å². The highest BCUT2D eigenvalue weighted by Gasteiger charge is 2.16. The van der Waals surface area contributed by atoms with Gasteiger partial charge in [0.2, 0.25) is 0 Å². The van der Waals surface area contributed by atoms with Gasteiger partial charge in [-0.15, -0.1) is 0 Å². The van der Waals surface area contributed by atoms with Crippen LogP contribution in [0.2, 0.25) is 0 Å². The number of hydrogen-bond donors (Lipinski definition) is 2. The summed E-state index contributed by atoms with van der Waals surface area (Å²) in [5.74, 6) is 1.41. The van der Waals surface area contributed by atoms with Crippen LogP contribution in [0, 0.1) is 13.8 Å². The zero-order valence-corrected chi connectivity index (χ0v) is 11.3. The van der Waals surface area contributed by atoms with Crippen LogP contribution in [0.1, 0.15) is 30.0 Å². The highest BCUT2D eigenvalue weighted by Crippen LogP contribution is 2.24. The highest BCUT2D eigenvalue weighted by atomic mass is 16.5. The minimum atomic E-state index is -0.308. The standard InChI is InChI=1S/C12H14N6O2/c1-6(11-7(2)17-20-8(11)3)14-9-4-10-15-16-12(19)18(10)5-13-9/h4-6,14H,1-3H3,(H,16,19). The van der Waals surface area contributed by atoms with Gasteiger partial charge in [-0.3, -0.25) is 0 Å². The van der Waals surface area contributed by atoms with Crippen LogP contribution >= 0.6 is 0 Å². The molecule has 1 unspecified atom stereocenters. The number of H-pyrrole nitrogens is 1. The summed E-state index contributed by atoms with van der Waals surface area (Å²) in [5.41, 5.74) is 2.06. The number of anilines is 1. The van der Waals surface area contributed by atoms with Crippen LogP contribution in [0.4, 0.5) is 5.82 Å². The molecular formula is C12H14N6O2. The number of nitrogens with one attached hydrogen (secondary N) is 2. The largest absolute Gasteiger partial charge is 0.363 e. The predicted molar refractivity (Wildman–Crippen MR) is 71.6 cm³/mol. The Morgan fingerprint density at radius 2 is 2.25 bits per heavy atom. The van der Waals surface area contributed by atoms with Gasteiger partial charge < -0.3 is 9.84 Å². The molecule has 3 heterocycles. The lowest BCUT2D eigenvalue weighted by atomic mass is 10.1. The van der Waals surface area contributed by atoms with Gasteiger partial charge in [-0.05, 0) is 20.8 Å². The number of aryl methyl sites for hydroxylation is 2. The van der Waals surface area contributed by atoms with Crippen molar-refractivity contribution in [1.82, 2.24) is 24.7 Å². The van der Waals surface area contributed by atoms with E-state index in [1.165, 1.54) is 10.7 Å². The first kappa shape index (κ1) is 12.4. The van der Waals surface area contributed by atoms with Crippen LogP contribution in [0.25, 0.3) is 5.65 Å².